The second-order valence-corrected chi connectivity index (χ2v) is 7.07. The summed E-state index contributed by atoms with van der Waals surface area (Å²) < 4.78 is 0. The molecular formula is C21H24NS+. The van der Waals surface area contributed by atoms with Crippen LogP contribution in [0.25, 0.3) is 5.57 Å². The van der Waals surface area contributed by atoms with E-state index in [2.05, 4.69) is 68.2 Å². The molecule has 3 rings (SSSR count). The van der Waals surface area contributed by atoms with Crippen LogP contribution in [-0.4, -0.2) is 20.1 Å². The number of hydrogen-bond donors (Lipinski definition) is 1. The van der Waals surface area contributed by atoms with Crippen molar-refractivity contribution in [2.24, 2.45) is 0 Å². The standard InChI is InChI=1S/C21H23NS/c1-3-14-22(2)15-8-12-19-18-10-5-4-9-17(18)16-23-21-13-7-6-11-20(19)21/h3-7,9-13H,1,8,14-16H2,2H3/p+1/b19-12+. The molecule has 0 radical (unpaired) electrons. The molecule has 0 bridgehead atoms. The molecule has 1 atom stereocenters. The summed E-state index contributed by atoms with van der Waals surface area (Å²) in [5, 5.41) is 0. The topological polar surface area (TPSA) is 4.44 Å². The second-order valence-electron chi connectivity index (χ2n) is 6.05. The fraction of sp³-hybridized carbons (Fsp3) is 0.238. The van der Waals surface area contributed by atoms with Gasteiger partial charge in [0.15, 0.2) is 0 Å². The number of likely N-dealkylation sites (N-methyl/N-ethyl adjacent to an activating group) is 1. The molecule has 0 fully saturated rings. The Kier molecular flexibility index (Phi) is 5.37. The molecule has 1 aliphatic rings. The van der Waals surface area contributed by atoms with Crippen LogP contribution in [0.5, 0.6) is 0 Å². The van der Waals surface area contributed by atoms with Crippen molar-refractivity contribution in [3.63, 3.8) is 0 Å². The summed E-state index contributed by atoms with van der Waals surface area (Å²) in [4.78, 5) is 2.89. The molecule has 2 aromatic rings. The van der Waals surface area contributed by atoms with Gasteiger partial charge in [-0.1, -0.05) is 55.1 Å². The van der Waals surface area contributed by atoms with Gasteiger partial charge in [-0.05, 0) is 34.4 Å². The van der Waals surface area contributed by atoms with Gasteiger partial charge in [0.2, 0.25) is 0 Å². The zero-order valence-electron chi connectivity index (χ0n) is 13.7. The molecule has 2 aromatic carbocycles. The number of fused-ring (bicyclic) bond motifs is 2. The maximum atomic E-state index is 3.83. The van der Waals surface area contributed by atoms with Gasteiger partial charge in [-0.25, -0.2) is 0 Å². The number of rotatable bonds is 5. The van der Waals surface area contributed by atoms with E-state index in [4.69, 9.17) is 0 Å². The molecule has 118 valence electrons. The number of quaternary nitrogens is 1. The fourth-order valence-electron chi connectivity index (χ4n) is 3.06. The zero-order chi connectivity index (χ0) is 16.1. The minimum Gasteiger partial charge on any atom is -0.334 e. The van der Waals surface area contributed by atoms with Crippen LogP contribution in [-0.2, 0) is 5.75 Å². The molecule has 1 aliphatic heterocycles. The third-order valence-corrected chi connectivity index (χ3v) is 5.40. The summed E-state index contributed by atoms with van der Waals surface area (Å²) in [6.07, 6.45) is 5.51. The minimum atomic E-state index is 1.02. The fourth-order valence-corrected chi connectivity index (χ4v) is 4.13. The molecule has 0 aliphatic carbocycles. The molecule has 0 spiro atoms. The molecule has 23 heavy (non-hydrogen) atoms. The van der Waals surface area contributed by atoms with Gasteiger partial charge in [0.05, 0.1) is 20.1 Å². The minimum absolute atomic E-state index is 1.02. The third-order valence-electron chi connectivity index (χ3n) is 4.28. The first kappa shape index (κ1) is 16.1. The first-order valence-electron chi connectivity index (χ1n) is 8.22. The summed E-state index contributed by atoms with van der Waals surface area (Å²) in [5.41, 5.74) is 5.61. The molecule has 1 unspecified atom stereocenters. The molecule has 1 N–H and O–H groups in total. The molecule has 0 amide bonds. The second kappa shape index (κ2) is 7.67. The first-order valence-corrected chi connectivity index (χ1v) is 9.21. The van der Waals surface area contributed by atoms with Crippen LogP contribution in [0.15, 0.2) is 72.2 Å². The van der Waals surface area contributed by atoms with Gasteiger partial charge in [0.25, 0.3) is 0 Å². The Morgan fingerprint density at radius 2 is 1.83 bits per heavy atom. The van der Waals surface area contributed by atoms with Crippen LogP contribution >= 0.6 is 11.8 Å². The summed E-state index contributed by atoms with van der Waals surface area (Å²) in [6.45, 7) is 5.98. The summed E-state index contributed by atoms with van der Waals surface area (Å²) >= 11 is 1.94. The molecule has 2 heteroatoms. The zero-order valence-corrected chi connectivity index (χ0v) is 14.5. The highest BCUT2D eigenvalue weighted by Gasteiger charge is 2.17. The van der Waals surface area contributed by atoms with Gasteiger partial charge < -0.3 is 4.90 Å². The van der Waals surface area contributed by atoms with Crippen LogP contribution < -0.4 is 4.90 Å². The van der Waals surface area contributed by atoms with Crippen LogP contribution in [0.3, 0.4) is 0 Å². The van der Waals surface area contributed by atoms with E-state index >= 15 is 0 Å². The van der Waals surface area contributed by atoms with Gasteiger partial charge in [-0.2, -0.15) is 0 Å². The maximum absolute atomic E-state index is 3.83. The summed E-state index contributed by atoms with van der Waals surface area (Å²) in [7, 11) is 2.23. The van der Waals surface area contributed by atoms with Gasteiger partial charge in [0, 0.05) is 17.1 Å². The van der Waals surface area contributed by atoms with Gasteiger partial charge in [-0.3, -0.25) is 0 Å². The molecule has 1 heterocycles. The van der Waals surface area contributed by atoms with Crippen molar-refractivity contribution in [3.05, 3.63) is 84.0 Å². The highest BCUT2D eigenvalue weighted by molar-refractivity contribution is 7.98. The van der Waals surface area contributed by atoms with Gasteiger partial charge in [0.1, 0.15) is 0 Å². The van der Waals surface area contributed by atoms with Gasteiger partial charge >= 0.3 is 0 Å². The average Bonchev–Trinajstić information content (AvgIpc) is 2.73. The SMILES string of the molecule is C=CC[NH+](C)CC/C=C1\c2ccccc2CSc2ccccc21. The van der Waals surface area contributed by atoms with E-state index in [1.807, 2.05) is 17.8 Å². The van der Waals surface area contributed by atoms with Crippen molar-refractivity contribution in [2.75, 3.05) is 20.1 Å². The van der Waals surface area contributed by atoms with Crippen LogP contribution in [0.1, 0.15) is 23.1 Å². The average molecular weight is 322 g/mol. The lowest BCUT2D eigenvalue weighted by atomic mass is 9.93. The number of nitrogens with one attached hydrogen (secondary N) is 1. The maximum Gasteiger partial charge on any atom is 0.0953 e. The first-order chi connectivity index (χ1) is 11.3. The lowest BCUT2D eigenvalue weighted by Crippen LogP contribution is -3.08. The van der Waals surface area contributed by atoms with Crippen molar-refractivity contribution in [1.82, 2.24) is 0 Å². The predicted octanol–water partition coefficient (Wildman–Crippen LogP) is 3.81. The van der Waals surface area contributed by atoms with Crippen molar-refractivity contribution in [2.45, 2.75) is 17.1 Å². The summed E-state index contributed by atoms with van der Waals surface area (Å²) in [5.74, 6) is 1.05. The quantitative estimate of drug-likeness (QED) is 0.820. The van der Waals surface area contributed by atoms with E-state index in [-0.39, 0.29) is 0 Å². The van der Waals surface area contributed by atoms with E-state index in [1.54, 1.807) is 0 Å². The Labute approximate surface area is 143 Å². The highest BCUT2D eigenvalue weighted by Crippen LogP contribution is 2.39. The normalized spacial score (nSPS) is 16.3. The van der Waals surface area contributed by atoms with Gasteiger partial charge in [-0.15, -0.1) is 11.8 Å². The monoisotopic (exact) mass is 322 g/mol. The van der Waals surface area contributed by atoms with E-state index in [1.165, 1.54) is 32.1 Å². The number of benzene rings is 2. The van der Waals surface area contributed by atoms with Crippen molar-refractivity contribution < 1.29 is 4.90 Å². The summed E-state index contributed by atoms with van der Waals surface area (Å²) in [6, 6.07) is 17.6. The Morgan fingerprint density at radius 3 is 2.65 bits per heavy atom. The number of hydrogen-bond acceptors (Lipinski definition) is 1. The largest absolute Gasteiger partial charge is 0.334 e. The lowest BCUT2D eigenvalue weighted by Gasteiger charge is -2.13. The highest BCUT2D eigenvalue weighted by atomic mass is 32.2. The van der Waals surface area contributed by atoms with E-state index < -0.39 is 0 Å². The molecule has 0 saturated carbocycles. The third kappa shape index (κ3) is 3.77. The van der Waals surface area contributed by atoms with E-state index in [0.29, 0.717) is 0 Å². The van der Waals surface area contributed by atoms with Crippen LogP contribution in [0.2, 0.25) is 0 Å². The Balaban J connectivity index is 1.95. The molecular weight excluding hydrogens is 298 g/mol. The smallest absolute Gasteiger partial charge is 0.0953 e. The lowest BCUT2D eigenvalue weighted by molar-refractivity contribution is -0.872. The molecule has 1 nitrogen and oxygen atoms in total. The van der Waals surface area contributed by atoms with Crippen molar-refractivity contribution in [3.8, 4) is 0 Å². The van der Waals surface area contributed by atoms with Crippen molar-refractivity contribution in [1.29, 1.82) is 0 Å². The van der Waals surface area contributed by atoms with Crippen molar-refractivity contribution >= 4 is 17.3 Å². The Morgan fingerprint density at radius 1 is 1.09 bits per heavy atom. The Bertz CT molecular complexity index is 668. The van der Waals surface area contributed by atoms with E-state index in [0.717, 1.165) is 25.3 Å². The number of thioether (sulfide) groups is 1. The predicted molar refractivity (Wildman–Crippen MR) is 101 cm³/mol. The molecule has 0 aromatic heterocycles. The van der Waals surface area contributed by atoms with E-state index in [9.17, 15) is 0 Å². The Hall–Kier alpha value is -1.77. The van der Waals surface area contributed by atoms with Crippen LogP contribution in [0.4, 0.5) is 0 Å². The van der Waals surface area contributed by atoms with Crippen LogP contribution in [0, 0.1) is 0 Å². The molecule has 0 saturated heterocycles.